The van der Waals surface area contributed by atoms with Gasteiger partial charge in [-0.25, -0.2) is 0 Å². The lowest BCUT2D eigenvalue weighted by Gasteiger charge is -2.36. The zero-order valence-electron chi connectivity index (χ0n) is 10.7. The molecule has 3 heteroatoms. The molecule has 3 nitrogen and oxygen atoms in total. The van der Waals surface area contributed by atoms with Crippen LogP contribution in [-0.4, -0.2) is 49.8 Å². The molecule has 0 aromatic rings. The second-order valence-corrected chi connectivity index (χ2v) is 5.56. The van der Waals surface area contributed by atoms with Gasteiger partial charge in [0, 0.05) is 25.2 Å². The Morgan fingerprint density at radius 2 is 2.19 bits per heavy atom. The molecule has 0 amide bonds. The summed E-state index contributed by atoms with van der Waals surface area (Å²) in [6.07, 6.45) is 4.34. The minimum absolute atomic E-state index is 0.576. The van der Waals surface area contributed by atoms with Gasteiger partial charge in [-0.15, -0.1) is 0 Å². The van der Waals surface area contributed by atoms with Crippen molar-refractivity contribution in [3.63, 3.8) is 0 Å². The summed E-state index contributed by atoms with van der Waals surface area (Å²) in [6, 6.07) is 1.17. The molecule has 1 aliphatic carbocycles. The highest BCUT2D eigenvalue weighted by molar-refractivity contribution is 4.81. The van der Waals surface area contributed by atoms with Crippen molar-refractivity contribution in [3.05, 3.63) is 0 Å². The summed E-state index contributed by atoms with van der Waals surface area (Å²) in [4.78, 5) is 2.62. The summed E-state index contributed by atoms with van der Waals surface area (Å²) in [5.74, 6) is 1.04. The predicted octanol–water partition coefficient (Wildman–Crippen LogP) is 1.49. The average molecular weight is 226 g/mol. The molecule has 94 valence electrons. The van der Waals surface area contributed by atoms with Crippen LogP contribution in [0.3, 0.4) is 0 Å². The molecule has 1 N–H and O–H groups in total. The van der Waals surface area contributed by atoms with E-state index in [9.17, 15) is 0 Å². The second kappa shape index (κ2) is 5.99. The van der Waals surface area contributed by atoms with Crippen LogP contribution in [0.1, 0.15) is 33.1 Å². The van der Waals surface area contributed by atoms with E-state index in [0.29, 0.717) is 12.1 Å². The summed E-state index contributed by atoms with van der Waals surface area (Å²) >= 11 is 0. The fraction of sp³-hybridized carbons (Fsp3) is 1.00. The van der Waals surface area contributed by atoms with Crippen LogP contribution in [0.25, 0.3) is 0 Å². The Balaban J connectivity index is 1.71. The molecular formula is C13H26N2O. The normalized spacial score (nSPS) is 27.6. The van der Waals surface area contributed by atoms with Crippen molar-refractivity contribution in [3.8, 4) is 0 Å². The first kappa shape index (κ1) is 12.3. The van der Waals surface area contributed by atoms with E-state index in [0.717, 1.165) is 32.2 Å². The molecule has 1 atom stereocenters. The maximum Gasteiger partial charge on any atom is 0.0634 e. The van der Waals surface area contributed by atoms with E-state index in [1.54, 1.807) is 0 Å². The number of hydrogen-bond donors (Lipinski definition) is 1. The third-order valence-corrected chi connectivity index (χ3v) is 3.63. The van der Waals surface area contributed by atoms with Crippen LogP contribution >= 0.6 is 0 Å². The maximum atomic E-state index is 5.59. The molecule has 1 heterocycles. The van der Waals surface area contributed by atoms with Crippen LogP contribution in [0.15, 0.2) is 0 Å². The lowest BCUT2D eigenvalue weighted by atomic mass is 10.2. The van der Waals surface area contributed by atoms with Gasteiger partial charge in [0.05, 0.1) is 13.2 Å². The van der Waals surface area contributed by atoms with Gasteiger partial charge >= 0.3 is 0 Å². The number of ether oxygens (including phenoxy) is 1. The third-order valence-electron chi connectivity index (χ3n) is 3.63. The number of nitrogens with one attached hydrogen (secondary N) is 1. The van der Waals surface area contributed by atoms with Crippen molar-refractivity contribution in [2.24, 2.45) is 5.92 Å². The minimum Gasteiger partial charge on any atom is -0.378 e. The Labute approximate surface area is 99.5 Å². The molecule has 0 bridgehead atoms. The Bertz CT molecular complexity index is 190. The second-order valence-electron chi connectivity index (χ2n) is 5.56. The largest absolute Gasteiger partial charge is 0.378 e. The molecule has 2 aliphatic rings. The van der Waals surface area contributed by atoms with Crippen LogP contribution in [0.4, 0.5) is 0 Å². The van der Waals surface area contributed by atoms with Crippen molar-refractivity contribution in [1.82, 2.24) is 10.2 Å². The van der Waals surface area contributed by atoms with Gasteiger partial charge < -0.3 is 10.1 Å². The lowest BCUT2D eigenvalue weighted by Crippen LogP contribution is -2.51. The molecule has 0 radical (unpaired) electrons. The zero-order chi connectivity index (χ0) is 11.4. The quantitative estimate of drug-likeness (QED) is 0.742. The number of nitrogens with zero attached hydrogens (tertiary/aromatic N) is 1. The number of morpholine rings is 1. The SMILES string of the molecule is CC(C)NCC1COCCN1CCC1CC1. The van der Waals surface area contributed by atoms with Crippen LogP contribution in [0.5, 0.6) is 0 Å². The first-order valence-corrected chi connectivity index (χ1v) is 6.81. The molecule has 16 heavy (non-hydrogen) atoms. The molecule has 2 rings (SSSR count). The fourth-order valence-electron chi connectivity index (χ4n) is 2.30. The summed E-state index contributed by atoms with van der Waals surface area (Å²) in [7, 11) is 0. The molecule has 0 aromatic heterocycles. The molecule has 1 saturated heterocycles. The molecule has 1 saturated carbocycles. The van der Waals surface area contributed by atoms with Crippen molar-refractivity contribution < 1.29 is 4.74 Å². The van der Waals surface area contributed by atoms with E-state index in [1.165, 1.54) is 25.8 Å². The number of rotatable bonds is 6. The monoisotopic (exact) mass is 226 g/mol. The third kappa shape index (κ3) is 4.04. The topological polar surface area (TPSA) is 24.5 Å². The first-order valence-electron chi connectivity index (χ1n) is 6.81. The molecular weight excluding hydrogens is 200 g/mol. The maximum absolute atomic E-state index is 5.59. The Hall–Kier alpha value is -0.120. The molecule has 1 unspecified atom stereocenters. The van der Waals surface area contributed by atoms with E-state index >= 15 is 0 Å². The van der Waals surface area contributed by atoms with E-state index in [2.05, 4.69) is 24.1 Å². The van der Waals surface area contributed by atoms with Gasteiger partial charge in [0.1, 0.15) is 0 Å². The van der Waals surface area contributed by atoms with E-state index in [4.69, 9.17) is 4.74 Å². The molecule has 0 aromatic carbocycles. The number of hydrogen-bond acceptors (Lipinski definition) is 3. The summed E-state index contributed by atoms with van der Waals surface area (Å²) in [5, 5.41) is 3.53. The van der Waals surface area contributed by atoms with E-state index in [1.807, 2.05) is 0 Å². The smallest absolute Gasteiger partial charge is 0.0634 e. The van der Waals surface area contributed by atoms with Gasteiger partial charge in [0.15, 0.2) is 0 Å². The molecule has 2 fully saturated rings. The van der Waals surface area contributed by atoms with Gasteiger partial charge in [-0.2, -0.15) is 0 Å². The fourth-order valence-corrected chi connectivity index (χ4v) is 2.30. The van der Waals surface area contributed by atoms with Gasteiger partial charge in [0.2, 0.25) is 0 Å². The van der Waals surface area contributed by atoms with Gasteiger partial charge in [0.25, 0.3) is 0 Å². The van der Waals surface area contributed by atoms with Crippen LogP contribution in [0, 0.1) is 5.92 Å². The van der Waals surface area contributed by atoms with E-state index < -0.39 is 0 Å². The molecule has 0 spiro atoms. The molecule has 1 aliphatic heterocycles. The standard InChI is InChI=1S/C13H26N2O/c1-11(2)14-9-13-10-16-8-7-15(13)6-5-12-3-4-12/h11-14H,3-10H2,1-2H3. The van der Waals surface area contributed by atoms with Crippen LogP contribution in [0.2, 0.25) is 0 Å². The van der Waals surface area contributed by atoms with Gasteiger partial charge in [-0.05, 0) is 18.9 Å². The minimum atomic E-state index is 0.576. The van der Waals surface area contributed by atoms with Crippen LogP contribution < -0.4 is 5.32 Å². The van der Waals surface area contributed by atoms with Crippen molar-refractivity contribution >= 4 is 0 Å². The van der Waals surface area contributed by atoms with Crippen molar-refractivity contribution in [2.45, 2.75) is 45.2 Å². The van der Waals surface area contributed by atoms with Gasteiger partial charge in [-0.3, -0.25) is 4.90 Å². The van der Waals surface area contributed by atoms with Crippen LogP contribution in [-0.2, 0) is 4.74 Å². The Morgan fingerprint density at radius 3 is 2.88 bits per heavy atom. The average Bonchev–Trinajstić information content (AvgIpc) is 3.08. The van der Waals surface area contributed by atoms with Crippen molar-refractivity contribution in [2.75, 3.05) is 32.8 Å². The van der Waals surface area contributed by atoms with E-state index in [-0.39, 0.29) is 0 Å². The summed E-state index contributed by atoms with van der Waals surface area (Å²) < 4.78 is 5.59. The lowest BCUT2D eigenvalue weighted by molar-refractivity contribution is -0.00831. The highest BCUT2D eigenvalue weighted by atomic mass is 16.5. The Kier molecular flexibility index (Phi) is 4.62. The summed E-state index contributed by atoms with van der Waals surface area (Å²) in [6.45, 7) is 9.71. The first-order chi connectivity index (χ1) is 7.75. The van der Waals surface area contributed by atoms with Gasteiger partial charge in [-0.1, -0.05) is 26.7 Å². The highest BCUT2D eigenvalue weighted by Gasteiger charge is 2.26. The zero-order valence-corrected chi connectivity index (χ0v) is 10.7. The van der Waals surface area contributed by atoms with Crippen molar-refractivity contribution in [1.29, 1.82) is 0 Å². The highest BCUT2D eigenvalue weighted by Crippen LogP contribution is 2.32. The summed E-state index contributed by atoms with van der Waals surface area (Å²) in [5.41, 5.74) is 0. The Morgan fingerprint density at radius 1 is 1.38 bits per heavy atom. The predicted molar refractivity (Wildman–Crippen MR) is 66.7 cm³/mol.